The molecular weight excluding hydrogens is 252 g/mol. The molecule has 0 bridgehead atoms. The minimum absolute atomic E-state index is 0.121. The third kappa shape index (κ3) is 3.38. The standard InChI is InChI=1S/C16H24N2O2/c1-12(2)18(8-9-20-3)16(19)15-10-13-6-4-5-7-14(13)11-17-15/h4-7,12,15,17H,8-11H2,1-3H3/t15-/m0/s1. The average Bonchev–Trinajstić information content (AvgIpc) is 2.46. The highest BCUT2D eigenvalue weighted by Gasteiger charge is 2.28. The van der Waals surface area contributed by atoms with Crippen LogP contribution in [-0.2, 0) is 22.5 Å². The summed E-state index contributed by atoms with van der Waals surface area (Å²) in [4.78, 5) is 14.6. The van der Waals surface area contributed by atoms with Crippen LogP contribution in [0.15, 0.2) is 24.3 Å². The Balaban J connectivity index is 2.06. The Labute approximate surface area is 121 Å². The lowest BCUT2D eigenvalue weighted by atomic mass is 9.95. The molecule has 20 heavy (non-hydrogen) atoms. The van der Waals surface area contributed by atoms with E-state index >= 15 is 0 Å². The van der Waals surface area contributed by atoms with Gasteiger partial charge in [-0.25, -0.2) is 0 Å². The fourth-order valence-electron chi connectivity index (χ4n) is 2.64. The van der Waals surface area contributed by atoms with E-state index in [1.165, 1.54) is 11.1 Å². The summed E-state index contributed by atoms with van der Waals surface area (Å²) < 4.78 is 5.10. The molecule has 1 N–H and O–H groups in total. The topological polar surface area (TPSA) is 41.6 Å². The van der Waals surface area contributed by atoms with Gasteiger partial charge in [0, 0.05) is 26.2 Å². The number of benzene rings is 1. The Morgan fingerprint density at radius 1 is 1.40 bits per heavy atom. The normalized spacial score (nSPS) is 17.9. The summed E-state index contributed by atoms with van der Waals surface area (Å²) in [5.41, 5.74) is 2.57. The summed E-state index contributed by atoms with van der Waals surface area (Å²) in [6, 6.07) is 8.39. The van der Waals surface area contributed by atoms with Crippen LogP contribution < -0.4 is 5.32 Å². The first-order chi connectivity index (χ1) is 9.63. The zero-order chi connectivity index (χ0) is 14.5. The summed E-state index contributed by atoms with van der Waals surface area (Å²) in [6.07, 6.45) is 0.769. The van der Waals surface area contributed by atoms with Crippen molar-refractivity contribution in [1.29, 1.82) is 0 Å². The number of fused-ring (bicyclic) bond motifs is 1. The zero-order valence-electron chi connectivity index (χ0n) is 12.6. The van der Waals surface area contributed by atoms with Crippen molar-refractivity contribution in [2.45, 2.75) is 38.9 Å². The van der Waals surface area contributed by atoms with Crippen LogP contribution >= 0.6 is 0 Å². The van der Waals surface area contributed by atoms with Crippen molar-refractivity contribution in [2.75, 3.05) is 20.3 Å². The van der Waals surface area contributed by atoms with E-state index in [1.807, 2.05) is 30.9 Å². The van der Waals surface area contributed by atoms with E-state index in [1.54, 1.807) is 7.11 Å². The van der Waals surface area contributed by atoms with E-state index < -0.39 is 0 Å². The fraction of sp³-hybridized carbons (Fsp3) is 0.562. The molecule has 0 saturated carbocycles. The maximum absolute atomic E-state index is 12.7. The predicted molar refractivity (Wildman–Crippen MR) is 79.5 cm³/mol. The lowest BCUT2D eigenvalue weighted by molar-refractivity contribution is -0.136. The number of nitrogens with zero attached hydrogens (tertiary/aromatic N) is 1. The van der Waals surface area contributed by atoms with E-state index in [4.69, 9.17) is 4.74 Å². The van der Waals surface area contributed by atoms with Gasteiger partial charge < -0.3 is 15.0 Å². The zero-order valence-corrected chi connectivity index (χ0v) is 12.6. The van der Waals surface area contributed by atoms with Gasteiger partial charge in [-0.3, -0.25) is 4.79 Å². The Bertz CT molecular complexity index is 460. The first-order valence-corrected chi connectivity index (χ1v) is 7.23. The van der Waals surface area contributed by atoms with Crippen molar-refractivity contribution < 1.29 is 9.53 Å². The molecule has 0 spiro atoms. The van der Waals surface area contributed by atoms with Crippen LogP contribution in [0.1, 0.15) is 25.0 Å². The van der Waals surface area contributed by atoms with Crippen LogP contribution in [0.5, 0.6) is 0 Å². The smallest absolute Gasteiger partial charge is 0.240 e. The molecule has 0 aliphatic carbocycles. The van der Waals surface area contributed by atoms with Crippen LogP contribution in [0.4, 0.5) is 0 Å². The lowest BCUT2D eigenvalue weighted by Crippen LogP contribution is -2.52. The Morgan fingerprint density at radius 3 is 2.75 bits per heavy atom. The van der Waals surface area contributed by atoms with Crippen LogP contribution in [0, 0.1) is 0 Å². The van der Waals surface area contributed by atoms with Crippen LogP contribution in [0.2, 0.25) is 0 Å². The number of hydrogen-bond donors (Lipinski definition) is 1. The SMILES string of the molecule is COCCN(C(=O)[C@@H]1Cc2ccccc2CN1)C(C)C. The van der Waals surface area contributed by atoms with E-state index in [-0.39, 0.29) is 18.0 Å². The number of ether oxygens (including phenoxy) is 1. The highest BCUT2D eigenvalue weighted by molar-refractivity contribution is 5.83. The molecule has 0 saturated heterocycles. The van der Waals surface area contributed by atoms with Crippen LogP contribution in [-0.4, -0.2) is 43.2 Å². The first-order valence-electron chi connectivity index (χ1n) is 7.23. The van der Waals surface area contributed by atoms with E-state index in [9.17, 15) is 4.79 Å². The Kier molecular flexibility index (Phi) is 5.15. The van der Waals surface area contributed by atoms with Gasteiger partial charge in [0.2, 0.25) is 5.91 Å². The third-order valence-electron chi connectivity index (χ3n) is 3.82. The van der Waals surface area contributed by atoms with Gasteiger partial charge in [-0.05, 0) is 31.4 Å². The van der Waals surface area contributed by atoms with Crippen LogP contribution in [0.25, 0.3) is 0 Å². The summed E-state index contributed by atoms with van der Waals surface area (Å²) >= 11 is 0. The van der Waals surface area contributed by atoms with E-state index in [2.05, 4.69) is 17.4 Å². The molecule has 0 unspecified atom stereocenters. The molecule has 4 heteroatoms. The summed E-state index contributed by atoms with van der Waals surface area (Å²) in [6.45, 7) is 6.08. The number of carbonyl (C=O) groups excluding carboxylic acids is 1. The number of methoxy groups -OCH3 is 1. The molecule has 2 rings (SSSR count). The molecule has 0 aromatic heterocycles. The Morgan fingerprint density at radius 2 is 2.10 bits per heavy atom. The van der Waals surface area contributed by atoms with Gasteiger partial charge in [-0.15, -0.1) is 0 Å². The van der Waals surface area contributed by atoms with Gasteiger partial charge in [0.1, 0.15) is 0 Å². The van der Waals surface area contributed by atoms with Gasteiger partial charge in [-0.2, -0.15) is 0 Å². The van der Waals surface area contributed by atoms with Gasteiger partial charge in [0.15, 0.2) is 0 Å². The number of nitrogens with one attached hydrogen (secondary N) is 1. The van der Waals surface area contributed by atoms with Crippen molar-refractivity contribution in [1.82, 2.24) is 10.2 Å². The molecule has 1 aromatic rings. The molecule has 0 fully saturated rings. The first kappa shape index (κ1) is 15.0. The third-order valence-corrected chi connectivity index (χ3v) is 3.82. The van der Waals surface area contributed by atoms with Crippen molar-refractivity contribution in [3.05, 3.63) is 35.4 Å². The molecule has 1 heterocycles. The van der Waals surface area contributed by atoms with Crippen LogP contribution in [0.3, 0.4) is 0 Å². The maximum Gasteiger partial charge on any atom is 0.240 e. The van der Waals surface area contributed by atoms with Gasteiger partial charge in [0.05, 0.1) is 12.6 Å². The minimum Gasteiger partial charge on any atom is -0.383 e. The number of rotatable bonds is 5. The summed E-state index contributed by atoms with van der Waals surface area (Å²) in [5, 5.41) is 3.35. The molecule has 110 valence electrons. The van der Waals surface area contributed by atoms with Crippen molar-refractivity contribution in [2.24, 2.45) is 0 Å². The van der Waals surface area contributed by atoms with Gasteiger partial charge in [-0.1, -0.05) is 24.3 Å². The lowest BCUT2D eigenvalue weighted by Gasteiger charge is -2.33. The van der Waals surface area contributed by atoms with Gasteiger partial charge >= 0.3 is 0 Å². The maximum atomic E-state index is 12.7. The molecule has 1 aliphatic heterocycles. The quantitative estimate of drug-likeness (QED) is 0.888. The van der Waals surface area contributed by atoms with E-state index in [0.717, 1.165) is 13.0 Å². The van der Waals surface area contributed by atoms with Crippen molar-refractivity contribution in [3.63, 3.8) is 0 Å². The number of hydrogen-bond acceptors (Lipinski definition) is 3. The highest BCUT2D eigenvalue weighted by Crippen LogP contribution is 2.18. The summed E-state index contributed by atoms with van der Waals surface area (Å²) in [7, 11) is 1.66. The predicted octanol–water partition coefficient (Wildman–Crippen LogP) is 1.58. The van der Waals surface area contributed by atoms with Crippen molar-refractivity contribution in [3.8, 4) is 0 Å². The molecular formula is C16H24N2O2. The second-order valence-electron chi connectivity index (χ2n) is 5.52. The second kappa shape index (κ2) is 6.86. The molecule has 0 radical (unpaired) electrons. The largest absolute Gasteiger partial charge is 0.383 e. The highest BCUT2D eigenvalue weighted by atomic mass is 16.5. The molecule has 1 amide bonds. The molecule has 4 nitrogen and oxygen atoms in total. The number of amides is 1. The summed E-state index contributed by atoms with van der Waals surface area (Å²) in [5.74, 6) is 0.173. The second-order valence-corrected chi connectivity index (χ2v) is 5.52. The number of carbonyl (C=O) groups is 1. The van der Waals surface area contributed by atoms with Crippen molar-refractivity contribution >= 4 is 5.91 Å². The van der Waals surface area contributed by atoms with Gasteiger partial charge in [0.25, 0.3) is 0 Å². The fourth-order valence-corrected chi connectivity index (χ4v) is 2.64. The average molecular weight is 276 g/mol. The Hall–Kier alpha value is -1.39. The minimum atomic E-state index is -0.121. The molecule has 1 aromatic carbocycles. The molecule has 1 aliphatic rings. The molecule has 1 atom stereocenters. The van der Waals surface area contributed by atoms with E-state index in [0.29, 0.717) is 13.2 Å². The monoisotopic (exact) mass is 276 g/mol.